The highest BCUT2D eigenvalue weighted by Gasteiger charge is 2.29. The van der Waals surface area contributed by atoms with Gasteiger partial charge < -0.3 is 15.1 Å². The number of nitrogens with one attached hydrogen (secondary N) is 1. The van der Waals surface area contributed by atoms with Gasteiger partial charge in [-0.05, 0) is 39.2 Å². The number of hydrogen-bond acceptors (Lipinski definition) is 6. The normalized spacial score (nSPS) is 18.6. The van der Waals surface area contributed by atoms with E-state index in [1.165, 1.54) is 17.6 Å². The summed E-state index contributed by atoms with van der Waals surface area (Å²) in [6, 6.07) is 1.67. The first-order valence-corrected chi connectivity index (χ1v) is 9.68. The fourth-order valence-electron chi connectivity index (χ4n) is 3.30. The number of carbonyl (C=O) groups is 2. The van der Waals surface area contributed by atoms with Gasteiger partial charge in [0.1, 0.15) is 5.76 Å². The zero-order valence-electron chi connectivity index (χ0n) is 15.0. The van der Waals surface area contributed by atoms with Crippen LogP contribution in [-0.4, -0.2) is 40.3 Å². The van der Waals surface area contributed by atoms with Crippen molar-refractivity contribution in [1.82, 2.24) is 9.88 Å². The first-order chi connectivity index (χ1) is 12.5. The molecule has 1 aliphatic heterocycles. The van der Waals surface area contributed by atoms with Crippen LogP contribution in [0.15, 0.2) is 22.1 Å². The lowest BCUT2D eigenvalue weighted by molar-refractivity contribution is -0.134. The summed E-state index contributed by atoms with van der Waals surface area (Å²) >= 11 is 1.31. The molecular formula is C18H24N4O3S. The molecule has 2 aromatic rings. The van der Waals surface area contributed by atoms with E-state index in [0.29, 0.717) is 22.1 Å². The monoisotopic (exact) mass is 376 g/mol. The smallest absolute Gasteiger partial charge is 0.260 e. The molecule has 0 spiro atoms. The SMILES string of the molecule is Cc1occc1C(=O)Nc1nc(CC(=O)N2CCCCC2C(C)N)cs1. The van der Waals surface area contributed by atoms with Gasteiger partial charge in [-0.15, -0.1) is 11.3 Å². The molecule has 2 aromatic heterocycles. The highest BCUT2D eigenvalue weighted by Crippen LogP contribution is 2.22. The van der Waals surface area contributed by atoms with Crippen molar-refractivity contribution in [2.24, 2.45) is 5.73 Å². The molecule has 0 saturated carbocycles. The number of nitrogens with two attached hydrogens (primary N) is 1. The molecule has 26 heavy (non-hydrogen) atoms. The molecule has 1 aliphatic rings. The zero-order valence-corrected chi connectivity index (χ0v) is 15.8. The summed E-state index contributed by atoms with van der Waals surface area (Å²) in [7, 11) is 0. The van der Waals surface area contributed by atoms with Gasteiger partial charge in [-0.3, -0.25) is 14.9 Å². The van der Waals surface area contributed by atoms with Gasteiger partial charge in [-0.25, -0.2) is 4.98 Å². The molecule has 2 unspecified atom stereocenters. The number of amides is 2. The van der Waals surface area contributed by atoms with Crippen LogP contribution in [0.4, 0.5) is 5.13 Å². The molecule has 8 heteroatoms. The predicted octanol–water partition coefficient (Wildman–Crippen LogP) is 2.57. The number of likely N-dealkylation sites (tertiary alicyclic amines) is 1. The van der Waals surface area contributed by atoms with Crippen LogP contribution in [0.25, 0.3) is 0 Å². The van der Waals surface area contributed by atoms with Gasteiger partial charge >= 0.3 is 0 Å². The zero-order chi connectivity index (χ0) is 18.7. The Hall–Kier alpha value is -2.19. The summed E-state index contributed by atoms with van der Waals surface area (Å²) < 4.78 is 5.14. The number of carbonyl (C=O) groups excluding carboxylic acids is 2. The third kappa shape index (κ3) is 4.13. The maximum Gasteiger partial charge on any atom is 0.260 e. The van der Waals surface area contributed by atoms with Gasteiger partial charge in [0, 0.05) is 24.0 Å². The van der Waals surface area contributed by atoms with Crippen LogP contribution in [0.2, 0.25) is 0 Å². The van der Waals surface area contributed by atoms with E-state index >= 15 is 0 Å². The molecule has 2 atom stereocenters. The van der Waals surface area contributed by atoms with Crippen LogP contribution < -0.4 is 11.1 Å². The summed E-state index contributed by atoms with van der Waals surface area (Å²) in [6.07, 6.45) is 4.77. The lowest BCUT2D eigenvalue weighted by atomic mass is 9.96. The van der Waals surface area contributed by atoms with Crippen LogP contribution in [0, 0.1) is 6.92 Å². The van der Waals surface area contributed by atoms with E-state index in [4.69, 9.17) is 10.2 Å². The molecule has 3 rings (SSSR count). The molecule has 2 amide bonds. The molecule has 3 N–H and O–H groups in total. The Morgan fingerprint density at radius 1 is 1.50 bits per heavy atom. The number of thiazole rings is 1. The quantitative estimate of drug-likeness (QED) is 0.835. The molecule has 0 aromatic carbocycles. The molecule has 1 fully saturated rings. The third-order valence-corrected chi connectivity index (χ3v) is 5.49. The maximum atomic E-state index is 12.7. The fourth-order valence-corrected chi connectivity index (χ4v) is 4.01. The molecule has 0 bridgehead atoms. The van der Waals surface area contributed by atoms with Gasteiger partial charge in [0.15, 0.2) is 5.13 Å². The van der Waals surface area contributed by atoms with Crippen molar-refractivity contribution < 1.29 is 14.0 Å². The number of rotatable bonds is 5. The number of furan rings is 1. The van der Waals surface area contributed by atoms with Crippen LogP contribution in [-0.2, 0) is 11.2 Å². The predicted molar refractivity (Wildman–Crippen MR) is 100 cm³/mol. The number of anilines is 1. The van der Waals surface area contributed by atoms with E-state index in [2.05, 4.69) is 10.3 Å². The van der Waals surface area contributed by atoms with Crippen molar-refractivity contribution in [2.45, 2.75) is 51.6 Å². The first kappa shape index (κ1) is 18.6. The topological polar surface area (TPSA) is 101 Å². The average molecular weight is 376 g/mol. The fraction of sp³-hybridized carbons (Fsp3) is 0.500. The largest absolute Gasteiger partial charge is 0.469 e. The van der Waals surface area contributed by atoms with Crippen molar-refractivity contribution in [1.29, 1.82) is 0 Å². The minimum Gasteiger partial charge on any atom is -0.469 e. The Morgan fingerprint density at radius 3 is 3.00 bits per heavy atom. The lowest BCUT2D eigenvalue weighted by Crippen LogP contribution is -2.52. The summed E-state index contributed by atoms with van der Waals surface area (Å²) in [5, 5.41) is 5.03. The molecular weight excluding hydrogens is 352 g/mol. The third-order valence-electron chi connectivity index (χ3n) is 4.68. The number of aromatic nitrogens is 1. The Labute approximate surface area is 156 Å². The van der Waals surface area contributed by atoms with Crippen molar-refractivity contribution in [3.05, 3.63) is 34.7 Å². The number of hydrogen-bond donors (Lipinski definition) is 2. The molecule has 0 aliphatic carbocycles. The van der Waals surface area contributed by atoms with Crippen LogP contribution >= 0.6 is 11.3 Å². The van der Waals surface area contributed by atoms with Gasteiger partial charge in [-0.2, -0.15) is 0 Å². The Kier molecular flexibility index (Phi) is 5.73. The van der Waals surface area contributed by atoms with Crippen molar-refractivity contribution in [3.8, 4) is 0 Å². The van der Waals surface area contributed by atoms with E-state index in [-0.39, 0.29) is 30.3 Å². The summed E-state index contributed by atoms with van der Waals surface area (Å²) in [5.41, 5.74) is 7.18. The first-order valence-electron chi connectivity index (χ1n) is 8.80. The van der Waals surface area contributed by atoms with Gasteiger partial charge in [-0.1, -0.05) is 0 Å². The minimum absolute atomic E-state index is 0.0391. The average Bonchev–Trinajstić information content (AvgIpc) is 3.23. The second kappa shape index (κ2) is 8.01. The summed E-state index contributed by atoms with van der Waals surface area (Å²) in [5.74, 6) is 0.332. The minimum atomic E-state index is -0.267. The number of nitrogens with zero attached hydrogens (tertiary/aromatic N) is 2. The molecule has 0 radical (unpaired) electrons. The maximum absolute atomic E-state index is 12.7. The molecule has 1 saturated heterocycles. The highest BCUT2D eigenvalue weighted by atomic mass is 32.1. The Bertz CT molecular complexity index is 783. The van der Waals surface area contributed by atoms with Gasteiger partial charge in [0.25, 0.3) is 5.91 Å². The van der Waals surface area contributed by atoms with Crippen molar-refractivity contribution in [2.75, 3.05) is 11.9 Å². The lowest BCUT2D eigenvalue weighted by Gasteiger charge is -2.38. The van der Waals surface area contributed by atoms with E-state index in [9.17, 15) is 9.59 Å². The van der Waals surface area contributed by atoms with E-state index in [0.717, 1.165) is 25.8 Å². The number of piperidine rings is 1. The van der Waals surface area contributed by atoms with Crippen LogP contribution in [0.5, 0.6) is 0 Å². The van der Waals surface area contributed by atoms with E-state index in [1.807, 2.05) is 11.8 Å². The van der Waals surface area contributed by atoms with Crippen LogP contribution in [0.1, 0.15) is 48.0 Å². The summed E-state index contributed by atoms with van der Waals surface area (Å²) in [4.78, 5) is 31.1. The van der Waals surface area contributed by atoms with E-state index in [1.54, 1.807) is 18.4 Å². The molecule has 3 heterocycles. The second-order valence-electron chi connectivity index (χ2n) is 6.67. The number of aryl methyl sites for hydroxylation is 1. The van der Waals surface area contributed by atoms with Gasteiger partial charge in [0.05, 0.1) is 23.9 Å². The standard InChI is InChI=1S/C18H24N4O3S/c1-11(19)15-5-3-4-7-22(15)16(23)9-13-10-26-18(20-13)21-17(24)14-6-8-25-12(14)2/h6,8,10-11,15H,3-5,7,9,19H2,1-2H3,(H,20,21,24). The summed E-state index contributed by atoms with van der Waals surface area (Å²) in [6.45, 7) is 4.43. The highest BCUT2D eigenvalue weighted by molar-refractivity contribution is 7.14. The Morgan fingerprint density at radius 2 is 2.31 bits per heavy atom. The molecule has 140 valence electrons. The van der Waals surface area contributed by atoms with Crippen molar-refractivity contribution in [3.63, 3.8) is 0 Å². The van der Waals surface area contributed by atoms with Gasteiger partial charge in [0.2, 0.25) is 5.91 Å². The molecule has 7 nitrogen and oxygen atoms in total. The Balaban J connectivity index is 1.62. The second-order valence-corrected chi connectivity index (χ2v) is 7.53. The van der Waals surface area contributed by atoms with Crippen LogP contribution in [0.3, 0.4) is 0 Å². The van der Waals surface area contributed by atoms with Crippen molar-refractivity contribution >= 4 is 28.3 Å². The van der Waals surface area contributed by atoms with E-state index < -0.39 is 0 Å².